The van der Waals surface area contributed by atoms with E-state index in [0.29, 0.717) is 18.7 Å². The Morgan fingerprint density at radius 2 is 2.22 bits per heavy atom. The number of rotatable bonds is 1. The number of hydrogen-bond donors (Lipinski definition) is 1. The molecule has 0 radical (unpaired) electrons. The van der Waals surface area contributed by atoms with Crippen molar-refractivity contribution in [2.45, 2.75) is 25.8 Å². The SMILES string of the molecule is Cc1cccc(C(=O)N2CCC[C@@H](N)C2)c1F.Cl. The Hall–Kier alpha value is -1.13. The molecule has 1 saturated heterocycles. The summed E-state index contributed by atoms with van der Waals surface area (Å²) in [6.07, 6.45) is 1.82. The fraction of sp³-hybridized carbons (Fsp3) is 0.462. The van der Waals surface area contributed by atoms with Crippen LogP contribution in [0.2, 0.25) is 0 Å². The molecule has 1 aliphatic rings. The van der Waals surface area contributed by atoms with Crippen molar-refractivity contribution in [3.63, 3.8) is 0 Å². The smallest absolute Gasteiger partial charge is 0.256 e. The summed E-state index contributed by atoms with van der Waals surface area (Å²) < 4.78 is 13.8. The summed E-state index contributed by atoms with van der Waals surface area (Å²) in [6.45, 7) is 2.85. The van der Waals surface area contributed by atoms with Crippen molar-refractivity contribution in [2.75, 3.05) is 13.1 Å². The monoisotopic (exact) mass is 272 g/mol. The van der Waals surface area contributed by atoms with Gasteiger partial charge in [0.2, 0.25) is 0 Å². The highest BCUT2D eigenvalue weighted by atomic mass is 35.5. The van der Waals surface area contributed by atoms with Crippen LogP contribution in [0.15, 0.2) is 18.2 Å². The first-order chi connectivity index (χ1) is 8.09. The Morgan fingerprint density at radius 1 is 1.50 bits per heavy atom. The fourth-order valence-electron chi connectivity index (χ4n) is 2.18. The molecule has 1 aliphatic heterocycles. The second-order valence-corrected chi connectivity index (χ2v) is 4.59. The van der Waals surface area contributed by atoms with Gasteiger partial charge in [-0.15, -0.1) is 12.4 Å². The van der Waals surface area contributed by atoms with Gasteiger partial charge in [0.05, 0.1) is 5.56 Å². The molecular weight excluding hydrogens is 255 g/mol. The molecule has 2 rings (SSSR count). The number of benzene rings is 1. The number of nitrogens with zero attached hydrogens (tertiary/aromatic N) is 1. The highest BCUT2D eigenvalue weighted by Gasteiger charge is 2.24. The molecule has 0 bridgehead atoms. The van der Waals surface area contributed by atoms with Gasteiger partial charge in [-0.1, -0.05) is 12.1 Å². The Bertz CT molecular complexity index is 439. The van der Waals surface area contributed by atoms with E-state index in [1.165, 1.54) is 6.07 Å². The molecule has 1 amide bonds. The van der Waals surface area contributed by atoms with Gasteiger partial charge >= 0.3 is 0 Å². The van der Waals surface area contributed by atoms with Crippen LogP contribution in [0, 0.1) is 12.7 Å². The average molecular weight is 273 g/mol. The Labute approximate surface area is 113 Å². The zero-order valence-electron chi connectivity index (χ0n) is 10.4. The number of carbonyl (C=O) groups excluding carboxylic acids is 1. The van der Waals surface area contributed by atoms with E-state index in [-0.39, 0.29) is 29.9 Å². The van der Waals surface area contributed by atoms with Crippen LogP contribution in [0.25, 0.3) is 0 Å². The lowest BCUT2D eigenvalue weighted by molar-refractivity contribution is 0.0704. The fourth-order valence-corrected chi connectivity index (χ4v) is 2.18. The molecule has 5 heteroatoms. The molecule has 18 heavy (non-hydrogen) atoms. The maximum absolute atomic E-state index is 13.8. The molecule has 0 unspecified atom stereocenters. The highest BCUT2D eigenvalue weighted by Crippen LogP contribution is 2.17. The van der Waals surface area contributed by atoms with Crippen molar-refractivity contribution >= 4 is 18.3 Å². The zero-order valence-corrected chi connectivity index (χ0v) is 11.2. The first kappa shape index (κ1) is 14.9. The van der Waals surface area contributed by atoms with E-state index in [1.54, 1.807) is 24.0 Å². The first-order valence-corrected chi connectivity index (χ1v) is 5.89. The molecule has 0 saturated carbocycles. The van der Waals surface area contributed by atoms with E-state index in [4.69, 9.17) is 5.73 Å². The maximum atomic E-state index is 13.8. The van der Waals surface area contributed by atoms with Crippen LogP contribution in [0.1, 0.15) is 28.8 Å². The molecule has 1 aromatic rings. The van der Waals surface area contributed by atoms with Crippen molar-refractivity contribution < 1.29 is 9.18 Å². The molecule has 1 fully saturated rings. The van der Waals surface area contributed by atoms with E-state index in [9.17, 15) is 9.18 Å². The summed E-state index contributed by atoms with van der Waals surface area (Å²) >= 11 is 0. The quantitative estimate of drug-likeness (QED) is 0.851. The van der Waals surface area contributed by atoms with Gasteiger partial charge in [0.1, 0.15) is 5.82 Å². The van der Waals surface area contributed by atoms with Crippen LogP contribution in [-0.4, -0.2) is 29.9 Å². The first-order valence-electron chi connectivity index (χ1n) is 5.89. The topological polar surface area (TPSA) is 46.3 Å². The van der Waals surface area contributed by atoms with E-state index < -0.39 is 5.82 Å². The van der Waals surface area contributed by atoms with Crippen molar-refractivity contribution in [3.05, 3.63) is 35.1 Å². The van der Waals surface area contributed by atoms with Gasteiger partial charge in [-0.05, 0) is 31.4 Å². The van der Waals surface area contributed by atoms with Gasteiger partial charge in [0.25, 0.3) is 5.91 Å². The van der Waals surface area contributed by atoms with Gasteiger partial charge in [0.15, 0.2) is 0 Å². The van der Waals surface area contributed by atoms with Crippen LogP contribution in [0.4, 0.5) is 4.39 Å². The molecule has 0 aromatic heterocycles. The molecule has 1 heterocycles. The van der Waals surface area contributed by atoms with Crippen LogP contribution >= 0.6 is 12.4 Å². The second kappa shape index (κ2) is 6.16. The molecule has 1 aromatic carbocycles. The number of piperidine rings is 1. The van der Waals surface area contributed by atoms with Gasteiger partial charge in [-0.3, -0.25) is 4.79 Å². The maximum Gasteiger partial charge on any atom is 0.256 e. The molecule has 3 nitrogen and oxygen atoms in total. The number of halogens is 2. The van der Waals surface area contributed by atoms with Gasteiger partial charge in [0, 0.05) is 19.1 Å². The summed E-state index contributed by atoms with van der Waals surface area (Å²) in [7, 11) is 0. The van der Waals surface area contributed by atoms with E-state index in [2.05, 4.69) is 0 Å². The number of aryl methyl sites for hydroxylation is 1. The van der Waals surface area contributed by atoms with Crippen molar-refractivity contribution in [2.24, 2.45) is 5.73 Å². The number of amides is 1. The van der Waals surface area contributed by atoms with Crippen molar-refractivity contribution in [1.82, 2.24) is 4.90 Å². The van der Waals surface area contributed by atoms with Crippen LogP contribution in [0.5, 0.6) is 0 Å². The Morgan fingerprint density at radius 3 is 2.89 bits per heavy atom. The number of likely N-dealkylation sites (tertiary alicyclic amines) is 1. The molecular formula is C13H18ClFN2O. The summed E-state index contributed by atoms with van der Waals surface area (Å²) in [6, 6.07) is 4.91. The summed E-state index contributed by atoms with van der Waals surface area (Å²) in [4.78, 5) is 13.8. The molecule has 100 valence electrons. The highest BCUT2D eigenvalue weighted by molar-refractivity contribution is 5.94. The average Bonchev–Trinajstić information content (AvgIpc) is 2.32. The lowest BCUT2D eigenvalue weighted by atomic mass is 10.0. The number of nitrogens with two attached hydrogens (primary N) is 1. The van der Waals surface area contributed by atoms with Crippen molar-refractivity contribution in [3.8, 4) is 0 Å². The normalized spacial score (nSPS) is 19.3. The van der Waals surface area contributed by atoms with Crippen LogP contribution in [0.3, 0.4) is 0 Å². The van der Waals surface area contributed by atoms with E-state index in [0.717, 1.165) is 12.8 Å². The number of carbonyl (C=O) groups is 1. The van der Waals surface area contributed by atoms with Crippen molar-refractivity contribution in [1.29, 1.82) is 0 Å². The van der Waals surface area contributed by atoms with Crippen LogP contribution in [-0.2, 0) is 0 Å². The van der Waals surface area contributed by atoms with E-state index >= 15 is 0 Å². The minimum Gasteiger partial charge on any atom is -0.337 e. The number of hydrogen-bond acceptors (Lipinski definition) is 2. The third-order valence-corrected chi connectivity index (χ3v) is 3.17. The third-order valence-electron chi connectivity index (χ3n) is 3.17. The zero-order chi connectivity index (χ0) is 12.4. The molecule has 2 N–H and O–H groups in total. The minimum atomic E-state index is -0.420. The largest absolute Gasteiger partial charge is 0.337 e. The Balaban J connectivity index is 0.00000162. The summed E-state index contributed by atoms with van der Waals surface area (Å²) in [5.74, 6) is -0.669. The van der Waals surface area contributed by atoms with Gasteiger partial charge in [-0.25, -0.2) is 4.39 Å². The summed E-state index contributed by atoms with van der Waals surface area (Å²) in [5, 5.41) is 0. The Kier molecular flexibility index (Phi) is 5.11. The molecule has 0 aliphatic carbocycles. The predicted octanol–water partition coefficient (Wildman–Crippen LogP) is 2.12. The molecule has 1 atom stereocenters. The lowest BCUT2D eigenvalue weighted by Crippen LogP contribution is -2.45. The molecule has 0 spiro atoms. The van der Waals surface area contributed by atoms with Gasteiger partial charge in [-0.2, -0.15) is 0 Å². The van der Waals surface area contributed by atoms with Gasteiger partial charge < -0.3 is 10.6 Å². The van der Waals surface area contributed by atoms with Crippen LogP contribution < -0.4 is 5.73 Å². The summed E-state index contributed by atoms with van der Waals surface area (Å²) in [5.41, 5.74) is 6.47. The third kappa shape index (κ3) is 3.00. The lowest BCUT2D eigenvalue weighted by Gasteiger charge is -2.31. The second-order valence-electron chi connectivity index (χ2n) is 4.59. The standard InChI is InChI=1S/C13H17FN2O.ClH/c1-9-4-2-6-11(12(9)14)13(17)16-7-3-5-10(15)8-16;/h2,4,6,10H,3,5,7-8,15H2,1H3;1H/t10-;/m1./s1. The van der Waals surface area contributed by atoms with E-state index in [1.807, 2.05) is 0 Å². The predicted molar refractivity (Wildman–Crippen MR) is 71.5 cm³/mol. The minimum absolute atomic E-state index is 0.